The molecule has 2 aromatic carbocycles. The minimum absolute atomic E-state index is 0. The number of fused-ring (bicyclic) bond motifs is 1. The number of nitrogens with one attached hydrogen (secondary N) is 1. The summed E-state index contributed by atoms with van der Waals surface area (Å²) in [7, 11) is -1.67. The van der Waals surface area contributed by atoms with E-state index in [0.29, 0.717) is 16.2 Å². The van der Waals surface area contributed by atoms with E-state index in [-0.39, 0.29) is 1.43 Å². The molecule has 0 aliphatic rings. The summed E-state index contributed by atoms with van der Waals surface area (Å²) in [5.74, 6) is 0.754. The van der Waals surface area contributed by atoms with Crippen LogP contribution in [0, 0.1) is 0 Å². The molecule has 0 aliphatic heterocycles. The van der Waals surface area contributed by atoms with E-state index in [0.717, 1.165) is 28.0 Å². The van der Waals surface area contributed by atoms with Gasteiger partial charge in [0, 0.05) is 24.3 Å². The first-order valence-corrected chi connectivity index (χ1v) is 10.8. The second-order valence-electron chi connectivity index (χ2n) is 6.97. The number of nitrogens with zero attached hydrogens (tertiary/aromatic N) is 2. The van der Waals surface area contributed by atoms with Crippen molar-refractivity contribution in [3.63, 3.8) is 0 Å². The third-order valence-electron chi connectivity index (χ3n) is 4.88. The van der Waals surface area contributed by atoms with Crippen molar-refractivity contribution >= 4 is 21.0 Å². The highest BCUT2D eigenvalue weighted by atomic mass is 32.2. The van der Waals surface area contributed by atoms with Crippen molar-refractivity contribution in [2.75, 3.05) is 7.11 Å². The lowest BCUT2D eigenvalue weighted by Gasteiger charge is -2.09. The fraction of sp³-hybridized carbons (Fsp3) is 0.182. The highest BCUT2D eigenvalue weighted by Gasteiger charge is 2.19. The van der Waals surface area contributed by atoms with Gasteiger partial charge in [0.1, 0.15) is 11.3 Å². The van der Waals surface area contributed by atoms with Crippen molar-refractivity contribution in [2.45, 2.75) is 24.0 Å². The molecule has 0 spiro atoms. The molecule has 1 N–H and O–H groups in total. The van der Waals surface area contributed by atoms with Crippen LogP contribution in [-0.2, 0) is 9.84 Å². The van der Waals surface area contributed by atoms with Crippen LogP contribution in [0.5, 0.6) is 5.75 Å². The van der Waals surface area contributed by atoms with Crippen molar-refractivity contribution in [3.8, 4) is 28.1 Å². The second kappa shape index (κ2) is 7.33. The lowest BCUT2D eigenvalue weighted by molar-refractivity contribution is 0.416. The predicted molar refractivity (Wildman–Crippen MR) is 116 cm³/mol. The fourth-order valence-corrected chi connectivity index (χ4v) is 4.25. The third kappa shape index (κ3) is 3.38. The molecular formula is C22H23N3O3S. The third-order valence-corrected chi connectivity index (χ3v) is 7.05. The van der Waals surface area contributed by atoms with Gasteiger partial charge in [-0.2, -0.15) is 0 Å². The first-order valence-electron chi connectivity index (χ1n) is 9.23. The standard InChI is InChI=1S/C22H21N3O3S.H2/c1-14(2)29(26,27)16-10-8-15(9-11-16)19-13-24-22-21(25-19)18(12-23-22)17-6-4-5-7-20(17)28-3;/h4-14H,1-3H3,(H,23,24);1H. The van der Waals surface area contributed by atoms with E-state index in [1.54, 1.807) is 51.4 Å². The highest BCUT2D eigenvalue weighted by Crippen LogP contribution is 2.34. The van der Waals surface area contributed by atoms with Gasteiger partial charge in [-0.15, -0.1) is 0 Å². The quantitative estimate of drug-likeness (QED) is 0.515. The molecule has 0 atom stereocenters. The van der Waals surface area contributed by atoms with Gasteiger partial charge in [-0.3, -0.25) is 0 Å². The Balaban J connectivity index is 0.00000256. The first-order chi connectivity index (χ1) is 13.9. The average Bonchev–Trinajstić information content (AvgIpc) is 3.16. The molecule has 7 heteroatoms. The second-order valence-corrected chi connectivity index (χ2v) is 9.48. The number of methoxy groups -OCH3 is 1. The highest BCUT2D eigenvalue weighted by molar-refractivity contribution is 7.92. The number of benzene rings is 2. The average molecular weight is 410 g/mol. The maximum Gasteiger partial charge on any atom is 0.180 e. The Hall–Kier alpha value is -3.19. The number of ether oxygens (including phenoxy) is 1. The zero-order chi connectivity index (χ0) is 20.6. The van der Waals surface area contributed by atoms with Gasteiger partial charge in [0.2, 0.25) is 0 Å². The zero-order valence-corrected chi connectivity index (χ0v) is 17.2. The molecule has 0 radical (unpaired) electrons. The van der Waals surface area contributed by atoms with Crippen molar-refractivity contribution in [2.24, 2.45) is 0 Å². The Morgan fingerprint density at radius 2 is 1.76 bits per heavy atom. The Bertz CT molecular complexity index is 1280. The van der Waals surface area contributed by atoms with E-state index in [1.165, 1.54) is 0 Å². The minimum Gasteiger partial charge on any atom is -0.496 e. The van der Waals surface area contributed by atoms with Crippen molar-refractivity contribution in [1.29, 1.82) is 0 Å². The van der Waals surface area contributed by atoms with Crippen LogP contribution in [0.2, 0.25) is 0 Å². The van der Waals surface area contributed by atoms with Gasteiger partial charge in [0.05, 0.1) is 29.1 Å². The molecule has 4 rings (SSSR count). The minimum atomic E-state index is -3.31. The van der Waals surface area contributed by atoms with Crippen LogP contribution >= 0.6 is 0 Å². The van der Waals surface area contributed by atoms with Gasteiger partial charge in [0.25, 0.3) is 0 Å². The van der Waals surface area contributed by atoms with E-state index in [4.69, 9.17) is 9.72 Å². The number of H-pyrrole nitrogens is 1. The molecule has 4 aromatic rings. The zero-order valence-electron chi connectivity index (χ0n) is 16.4. The summed E-state index contributed by atoms with van der Waals surface area (Å²) in [6.45, 7) is 3.35. The van der Waals surface area contributed by atoms with E-state index in [9.17, 15) is 8.42 Å². The monoisotopic (exact) mass is 409 g/mol. The molecule has 0 fully saturated rings. The summed E-state index contributed by atoms with van der Waals surface area (Å²) < 4.78 is 30.2. The van der Waals surface area contributed by atoms with E-state index >= 15 is 0 Å². The van der Waals surface area contributed by atoms with Crippen LogP contribution in [-0.4, -0.2) is 35.7 Å². The van der Waals surface area contributed by atoms with Crippen LogP contribution in [0.25, 0.3) is 33.5 Å². The molecule has 6 nitrogen and oxygen atoms in total. The normalized spacial score (nSPS) is 11.9. The number of hydrogen-bond acceptors (Lipinski definition) is 5. The maximum atomic E-state index is 12.3. The van der Waals surface area contributed by atoms with Gasteiger partial charge in [-0.05, 0) is 32.0 Å². The molecule has 0 saturated carbocycles. The van der Waals surface area contributed by atoms with Gasteiger partial charge >= 0.3 is 0 Å². The van der Waals surface area contributed by atoms with Gasteiger partial charge in [-0.1, -0.05) is 30.3 Å². The number of aromatic nitrogens is 3. The summed E-state index contributed by atoms with van der Waals surface area (Å²) in [5.41, 5.74) is 4.69. The van der Waals surface area contributed by atoms with E-state index in [2.05, 4.69) is 9.97 Å². The lowest BCUT2D eigenvalue weighted by Crippen LogP contribution is -2.13. The van der Waals surface area contributed by atoms with Crippen molar-refractivity contribution in [3.05, 3.63) is 60.9 Å². The van der Waals surface area contributed by atoms with Crippen LogP contribution in [0.15, 0.2) is 65.8 Å². The lowest BCUT2D eigenvalue weighted by atomic mass is 10.1. The molecule has 0 bridgehead atoms. The van der Waals surface area contributed by atoms with E-state index < -0.39 is 15.1 Å². The summed E-state index contributed by atoms with van der Waals surface area (Å²) in [6.07, 6.45) is 3.54. The smallest absolute Gasteiger partial charge is 0.180 e. The molecule has 2 aromatic heterocycles. The topological polar surface area (TPSA) is 84.9 Å². The maximum absolute atomic E-state index is 12.3. The SMILES string of the molecule is COc1ccccc1-c1c[nH]c2ncc(-c3ccc(S(=O)(=O)C(C)C)cc3)nc12.[HH]. The molecule has 150 valence electrons. The summed E-state index contributed by atoms with van der Waals surface area (Å²) in [6, 6.07) is 14.5. The number of aromatic amines is 1. The van der Waals surface area contributed by atoms with Crippen molar-refractivity contribution < 1.29 is 14.6 Å². The Morgan fingerprint density at radius 1 is 1.03 bits per heavy atom. The van der Waals surface area contributed by atoms with Crippen LogP contribution in [0.4, 0.5) is 0 Å². The Kier molecular flexibility index (Phi) is 4.84. The van der Waals surface area contributed by atoms with Crippen LogP contribution < -0.4 is 4.74 Å². The van der Waals surface area contributed by atoms with E-state index in [1.807, 2.05) is 30.5 Å². The molecule has 0 saturated heterocycles. The van der Waals surface area contributed by atoms with Crippen molar-refractivity contribution in [1.82, 2.24) is 15.0 Å². The van der Waals surface area contributed by atoms with Crippen LogP contribution in [0.1, 0.15) is 15.3 Å². The first kappa shape index (κ1) is 19.1. The molecule has 2 heterocycles. The Labute approximate surface area is 171 Å². The summed E-state index contributed by atoms with van der Waals surface area (Å²) >= 11 is 0. The summed E-state index contributed by atoms with van der Waals surface area (Å²) in [4.78, 5) is 12.7. The van der Waals surface area contributed by atoms with Gasteiger partial charge < -0.3 is 9.72 Å². The molecule has 0 amide bonds. The molecule has 0 unspecified atom stereocenters. The summed E-state index contributed by atoms with van der Waals surface area (Å²) in [5, 5.41) is -0.465. The molecule has 29 heavy (non-hydrogen) atoms. The van der Waals surface area contributed by atoms with Gasteiger partial charge in [0.15, 0.2) is 15.5 Å². The molecule has 0 aliphatic carbocycles. The largest absolute Gasteiger partial charge is 0.496 e. The number of hydrogen-bond donors (Lipinski definition) is 1. The predicted octanol–water partition coefficient (Wildman–Crippen LogP) is 4.73. The van der Waals surface area contributed by atoms with Crippen LogP contribution in [0.3, 0.4) is 0 Å². The Morgan fingerprint density at radius 3 is 2.45 bits per heavy atom. The number of para-hydroxylation sites is 1. The fourth-order valence-electron chi connectivity index (χ4n) is 3.19. The van der Waals surface area contributed by atoms with Gasteiger partial charge in [-0.25, -0.2) is 18.4 Å². The number of rotatable bonds is 5. The molecular weight excluding hydrogens is 386 g/mol. The number of sulfone groups is 1.